The van der Waals surface area contributed by atoms with Gasteiger partial charge in [0.05, 0.1) is 0 Å². The summed E-state index contributed by atoms with van der Waals surface area (Å²) in [5, 5.41) is 3.75. The van der Waals surface area contributed by atoms with Crippen molar-refractivity contribution in [2.75, 3.05) is 0 Å². The molecule has 0 fully saturated rings. The van der Waals surface area contributed by atoms with Crippen LogP contribution in [0.4, 0.5) is 0 Å². The van der Waals surface area contributed by atoms with Crippen molar-refractivity contribution in [2.24, 2.45) is 5.41 Å². The second kappa shape index (κ2) is 8.26. The zero-order chi connectivity index (χ0) is 15.8. The first kappa shape index (κ1) is 18.9. The van der Waals surface area contributed by atoms with Crippen molar-refractivity contribution in [1.82, 2.24) is 5.32 Å². The molecule has 2 unspecified atom stereocenters. The summed E-state index contributed by atoms with van der Waals surface area (Å²) in [5.41, 5.74) is 1.11. The maximum atomic E-state index is 4.35. The van der Waals surface area contributed by atoms with Crippen LogP contribution in [-0.4, -0.2) is 11.6 Å². The van der Waals surface area contributed by atoms with Gasteiger partial charge in [-0.3, -0.25) is 0 Å². The first-order chi connectivity index (χ1) is 9.37. The molecule has 0 aromatic heterocycles. The van der Waals surface area contributed by atoms with Gasteiger partial charge in [0.15, 0.2) is 0 Å². The summed E-state index contributed by atoms with van der Waals surface area (Å²) in [6, 6.07) is 0.272. The topological polar surface area (TPSA) is 12.0 Å². The fourth-order valence-electron chi connectivity index (χ4n) is 3.22. The van der Waals surface area contributed by atoms with Crippen LogP contribution in [-0.2, 0) is 0 Å². The summed E-state index contributed by atoms with van der Waals surface area (Å²) in [7, 11) is 0. The van der Waals surface area contributed by atoms with Crippen LogP contribution in [0.2, 0.25) is 0 Å². The van der Waals surface area contributed by atoms with Crippen LogP contribution in [0.5, 0.6) is 0 Å². The average Bonchev–Trinajstić information content (AvgIpc) is 2.44. The normalized spacial score (nSPS) is 19.1. The lowest BCUT2D eigenvalue weighted by molar-refractivity contribution is 0.123. The monoisotopic (exact) mass is 275 g/mol. The van der Waals surface area contributed by atoms with Gasteiger partial charge in [0.1, 0.15) is 0 Å². The van der Waals surface area contributed by atoms with Gasteiger partial charge in [-0.25, -0.2) is 0 Å². The minimum absolute atomic E-state index is 0.0206. The fourth-order valence-corrected chi connectivity index (χ4v) is 3.22. The predicted molar refractivity (Wildman–Crippen MR) is 93.0 cm³/mol. The highest BCUT2D eigenvalue weighted by atomic mass is 15.0. The molecule has 0 aromatic carbocycles. The average molecular weight is 275 g/mol. The van der Waals surface area contributed by atoms with Crippen LogP contribution in [0.3, 0.4) is 0 Å². The van der Waals surface area contributed by atoms with Gasteiger partial charge in [-0.15, -0.1) is 13.2 Å². The van der Waals surface area contributed by atoms with Gasteiger partial charge < -0.3 is 5.32 Å². The van der Waals surface area contributed by atoms with Gasteiger partial charge in [0, 0.05) is 17.0 Å². The molecule has 114 valence electrons. The van der Waals surface area contributed by atoms with Crippen LogP contribution in [0.25, 0.3) is 0 Å². The lowest BCUT2D eigenvalue weighted by Crippen LogP contribution is -2.58. The molecule has 0 spiro atoms. The largest absolute Gasteiger partial charge is 0.305 e. The highest BCUT2D eigenvalue weighted by molar-refractivity contribution is 5.30. The Morgan fingerprint density at radius 1 is 1.25 bits per heavy atom. The molecule has 0 rings (SSSR count). The molecule has 0 saturated carbocycles. The molecule has 0 saturated heterocycles. The molecule has 0 amide bonds. The molecular weight excluding hydrogens is 242 g/mol. The predicted octanol–water partition coefficient (Wildman–Crippen LogP) is 5.42. The molecule has 1 heteroatoms. The molecule has 0 heterocycles. The van der Waals surface area contributed by atoms with E-state index in [9.17, 15) is 0 Å². The first-order valence-corrected chi connectivity index (χ1v) is 7.70. The molecule has 0 aromatic rings. The maximum Gasteiger partial charge on any atom is 0.0255 e. The summed E-state index contributed by atoms with van der Waals surface area (Å²) in [6.07, 6.45) is 11.2. The number of hydrogen-bond donors (Lipinski definition) is 1. The summed E-state index contributed by atoms with van der Waals surface area (Å²) < 4.78 is 0. The maximum absolute atomic E-state index is 4.35. The molecule has 0 radical (unpaired) electrons. The summed E-state index contributed by atoms with van der Waals surface area (Å²) >= 11 is 0. The Labute approximate surface area is 126 Å². The molecule has 0 aliphatic carbocycles. The third kappa shape index (κ3) is 3.73. The molecule has 0 aliphatic heterocycles. The van der Waals surface area contributed by atoms with E-state index >= 15 is 0 Å². The van der Waals surface area contributed by atoms with E-state index in [-0.39, 0.29) is 17.0 Å². The zero-order valence-corrected chi connectivity index (χ0v) is 14.1. The van der Waals surface area contributed by atoms with Gasteiger partial charge in [-0.1, -0.05) is 44.7 Å². The molecular formula is C19H33N. The molecule has 3 atom stereocenters. The van der Waals surface area contributed by atoms with Crippen molar-refractivity contribution < 1.29 is 0 Å². The Kier molecular flexibility index (Phi) is 7.82. The highest BCUT2D eigenvalue weighted by Crippen LogP contribution is 2.47. The zero-order valence-electron chi connectivity index (χ0n) is 14.1. The van der Waals surface area contributed by atoms with E-state index in [0.29, 0.717) is 0 Å². The van der Waals surface area contributed by atoms with Crippen LogP contribution in [0, 0.1) is 5.41 Å². The second-order valence-corrected chi connectivity index (χ2v) is 5.81. The van der Waals surface area contributed by atoms with Crippen molar-refractivity contribution >= 4 is 0 Å². The number of hydrogen-bond acceptors (Lipinski definition) is 1. The quantitative estimate of drug-likeness (QED) is 0.414. The smallest absolute Gasteiger partial charge is 0.0255 e. The Hall–Kier alpha value is -1.08. The van der Waals surface area contributed by atoms with Gasteiger partial charge >= 0.3 is 0 Å². The van der Waals surface area contributed by atoms with E-state index in [0.717, 1.165) is 19.3 Å². The summed E-state index contributed by atoms with van der Waals surface area (Å²) in [6.45, 7) is 23.2. The standard InChI is InChI=1S/C19H33N/c1-9-14-16(6)19(13-5,15-10-2)18(8,12-4)20-17(7)11-3/h9-11,14,17,20H,2-3,6,12-13,15H2,1,4-5,7-8H3/b14-9-/t17-,18?,19?/m1/s1. The van der Waals surface area contributed by atoms with Gasteiger partial charge in [-0.2, -0.15) is 0 Å². The van der Waals surface area contributed by atoms with Gasteiger partial charge in [0.2, 0.25) is 0 Å². The molecule has 1 N–H and O–H groups in total. The lowest BCUT2D eigenvalue weighted by Gasteiger charge is -2.50. The molecule has 0 bridgehead atoms. The van der Waals surface area contributed by atoms with Crippen molar-refractivity contribution in [1.29, 1.82) is 0 Å². The van der Waals surface area contributed by atoms with Crippen LogP contribution in [0.1, 0.15) is 53.9 Å². The highest BCUT2D eigenvalue weighted by Gasteiger charge is 2.46. The summed E-state index contributed by atoms with van der Waals surface area (Å²) in [4.78, 5) is 0. The van der Waals surface area contributed by atoms with E-state index in [1.807, 2.05) is 19.1 Å². The third-order valence-electron chi connectivity index (χ3n) is 4.74. The Balaban J connectivity index is 5.82. The number of rotatable bonds is 10. The molecule has 20 heavy (non-hydrogen) atoms. The van der Waals surface area contributed by atoms with Crippen LogP contribution >= 0.6 is 0 Å². The Morgan fingerprint density at radius 3 is 2.20 bits per heavy atom. The van der Waals surface area contributed by atoms with E-state index in [1.165, 1.54) is 5.57 Å². The van der Waals surface area contributed by atoms with Crippen molar-refractivity contribution in [3.8, 4) is 0 Å². The van der Waals surface area contributed by atoms with Crippen molar-refractivity contribution in [3.63, 3.8) is 0 Å². The van der Waals surface area contributed by atoms with Crippen molar-refractivity contribution in [3.05, 3.63) is 49.6 Å². The minimum Gasteiger partial charge on any atom is -0.305 e. The number of allylic oxidation sites excluding steroid dienone is 3. The van der Waals surface area contributed by atoms with E-state index in [2.05, 4.69) is 64.9 Å². The third-order valence-corrected chi connectivity index (χ3v) is 4.74. The lowest BCUT2D eigenvalue weighted by atomic mass is 9.61. The molecule has 0 aliphatic rings. The SMILES string of the molecule is C=CCC(CC)(C(=C)/C=C\C)C(C)(CC)N[C@H](C)C=C. The van der Waals surface area contributed by atoms with Gasteiger partial charge in [0.25, 0.3) is 0 Å². The second-order valence-electron chi connectivity index (χ2n) is 5.81. The van der Waals surface area contributed by atoms with Crippen LogP contribution in [0.15, 0.2) is 49.6 Å². The first-order valence-electron chi connectivity index (χ1n) is 7.70. The van der Waals surface area contributed by atoms with Crippen molar-refractivity contribution in [2.45, 2.75) is 65.5 Å². The fraction of sp³-hybridized carbons (Fsp3) is 0.579. The van der Waals surface area contributed by atoms with Gasteiger partial charge in [-0.05, 0) is 45.6 Å². The Bertz CT molecular complexity index is 366. The van der Waals surface area contributed by atoms with E-state index in [1.54, 1.807) is 0 Å². The number of nitrogens with one attached hydrogen (secondary N) is 1. The van der Waals surface area contributed by atoms with E-state index < -0.39 is 0 Å². The van der Waals surface area contributed by atoms with E-state index in [4.69, 9.17) is 0 Å². The minimum atomic E-state index is -0.0415. The summed E-state index contributed by atoms with van der Waals surface area (Å²) in [5.74, 6) is 0. The molecule has 1 nitrogen and oxygen atoms in total. The Morgan fingerprint density at radius 2 is 1.85 bits per heavy atom. The van der Waals surface area contributed by atoms with Crippen LogP contribution < -0.4 is 5.32 Å².